The van der Waals surface area contributed by atoms with Crippen LogP contribution in [-0.2, 0) is 14.3 Å². The Morgan fingerprint density at radius 2 is 2.36 bits per heavy atom. The van der Waals surface area contributed by atoms with Gasteiger partial charge in [-0.3, -0.25) is 9.59 Å². The van der Waals surface area contributed by atoms with E-state index in [0.29, 0.717) is 11.7 Å². The summed E-state index contributed by atoms with van der Waals surface area (Å²) in [5.41, 5.74) is -0.122. The summed E-state index contributed by atoms with van der Waals surface area (Å²) in [5, 5.41) is 0. The number of fused-ring (bicyclic) bond motifs is 2. The maximum absolute atomic E-state index is 11.9. The maximum atomic E-state index is 11.9. The topological polar surface area (TPSA) is 43.4 Å². The molecule has 2 fully saturated rings. The number of ketones is 1. The zero-order valence-corrected chi connectivity index (χ0v) is 8.71. The van der Waals surface area contributed by atoms with Gasteiger partial charge in [-0.2, -0.15) is 0 Å². The summed E-state index contributed by atoms with van der Waals surface area (Å²) in [4.78, 5) is 23.1. The average molecular weight is 196 g/mol. The van der Waals surface area contributed by atoms with Gasteiger partial charge in [-0.25, -0.2) is 0 Å². The molecule has 0 aromatic carbocycles. The Morgan fingerprint density at radius 1 is 1.64 bits per heavy atom. The largest absolute Gasteiger partial charge is 0.469 e. The summed E-state index contributed by atoms with van der Waals surface area (Å²) in [6.07, 6.45) is 3.38. The first-order valence-corrected chi connectivity index (χ1v) is 5.18. The van der Waals surface area contributed by atoms with Crippen molar-refractivity contribution >= 4 is 11.8 Å². The SMILES string of the molecule is COC(=O)CC1C(=O)[C@@]2(C)CC[C@@H]1C2. The van der Waals surface area contributed by atoms with E-state index in [1.165, 1.54) is 7.11 Å². The zero-order valence-electron chi connectivity index (χ0n) is 8.71. The standard InChI is InChI=1S/C11H16O3/c1-11-4-3-7(6-11)8(10(11)13)5-9(12)14-2/h7-8H,3-6H2,1-2H3/t7-,8?,11+/m1/s1. The van der Waals surface area contributed by atoms with Crippen LogP contribution < -0.4 is 0 Å². The molecule has 2 bridgehead atoms. The van der Waals surface area contributed by atoms with Gasteiger partial charge in [0, 0.05) is 11.3 Å². The van der Waals surface area contributed by atoms with E-state index in [-0.39, 0.29) is 23.7 Å². The Labute approximate surface area is 83.8 Å². The van der Waals surface area contributed by atoms with Crippen molar-refractivity contribution < 1.29 is 14.3 Å². The number of carbonyl (C=O) groups is 2. The highest BCUT2D eigenvalue weighted by atomic mass is 16.5. The molecule has 2 aliphatic carbocycles. The Morgan fingerprint density at radius 3 is 2.86 bits per heavy atom. The third kappa shape index (κ3) is 1.26. The number of rotatable bonds is 2. The monoisotopic (exact) mass is 196 g/mol. The normalized spacial score (nSPS) is 40.3. The van der Waals surface area contributed by atoms with Crippen LogP contribution >= 0.6 is 0 Å². The number of carbonyl (C=O) groups excluding carboxylic acids is 2. The lowest BCUT2D eigenvalue weighted by Gasteiger charge is -2.24. The fraction of sp³-hybridized carbons (Fsp3) is 0.818. The van der Waals surface area contributed by atoms with E-state index in [1.54, 1.807) is 0 Å². The van der Waals surface area contributed by atoms with Gasteiger partial charge in [0.15, 0.2) is 0 Å². The predicted octanol–water partition coefficient (Wildman–Crippen LogP) is 1.55. The maximum Gasteiger partial charge on any atom is 0.306 e. The van der Waals surface area contributed by atoms with Crippen molar-refractivity contribution in [3.63, 3.8) is 0 Å². The number of hydrogen-bond acceptors (Lipinski definition) is 3. The van der Waals surface area contributed by atoms with Crippen LogP contribution in [0.15, 0.2) is 0 Å². The molecule has 0 aromatic heterocycles. The van der Waals surface area contributed by atoms with Crippen LogP contribution in [-0.4, -0.2) is 18.9 Å². The van der Waals surface area contributed by atoms with Crippen LogP contribution in [0, 0.1) is 17.3 Å². The number of hydrogen-bond donors (Lipinski definition) is 0. The average Bonchev–Trinajstić information content (AvgIpc) is 2.64. The fourth-order valence-electron chi connectivity index (χ4n) is 3.04. The summed E-state index contributed by atoms with van der Waals surface area (Å²) in [6.45, 7) is 2.03. The lowest BCUT2D eigenvalue weighted by atomic mass is 9.79. The van der Waals surface area contributed by atoms with Gasteiger partial charge in [0.1, 0.15) is 5.78 Å². The Hall–Kier alpha value is -0.860. The summed E-state index contributed by atoms with van der Waals surface area (Å²) >= 11 is 0. The first kappa shape index (κ1) is 9.69. The van der Waals surface area contributed by atoms with Crippen LogP contribution in [0.25, 0.3) is 0 Å². The lowest BCUT2D eigenvalue weighted by molar-refractivity contribution is -0.145. The molecule has 14 heavy (non-hydrogen) atoms. The lowest BCUT2D eigenvalue weighted by Crippen LogP contribution is -2.30. The highest BCUT2D eigenvalue weighted by Crippen LogP contribution is 2.55. The van der Waals surface area contributed by atoms with E-state index in [9.17, 15) is 9.59 Å². The van der Waals surface area contributed by atoms with Gasteiger partial charge < -0.3 is 4.74 Å². The summed E-state index contributed by atoms with van der Waals surface area (Å²) < 4.78 is 4.61. The molecule has 0 saturated heterocycles. The second-order valence-electron chi connectivity index (χ2n) is 4.81. The van der Waals surface area contributed by atoms with Crippen LogP contribution in [0.5, 0.6) is 0 Å². The molecule has 3 atom stereocenters. The van der Waals surface area contributed by atoms with Crippen molar-refractivity contribution in [1.29, 1.82) is 0 Å². The third-order valence-corrected chi connectivity index (χ3v) is 3.89. The Bertz CT molecular complexity index is 284. The molecule has 0 aromatic rings. The quantitative estimate of drug-likeness (QED) is 0.629. The molecule has 0 heterocycles. The van der Waals surface area contributed by atoms with Gasteiger partial charge in [0.05, 0.1) is 13.5 Å². The number of ether oxygens (including phenoxy) is 1. The highest BCUT2D eigenvalue weighted by Gasteiger charge is 2.54. The van der Waals surface area contributed by atoms with Gasteiger partial charge in [0.2, 0.25) is 0 Å². The fourth-order valence-corrected chi connectivity index (χ4v) is 3.04. The minimum atomic E-state index is -0.250. The summed E-state index contributed by atoms with van der Waals surface area (Å²) in [7, 11) is 1.38. The molecule has 0 aliphatic heterocycles. The first-order valence-electron chi connectivity index (χ1n) is 5.18. The molecular formula is C11H16O3. The third-order valence-electron chi connectivity index (χ3n) is 3.89. The van der Waals surface area contributed by atoms with Crippen LogP contribution in [0.2, 0.25) is 0 Å². The molecule has 78 valence electrons. The zero-order chi connectivity index (χ0) is 10.3. The predicted molar refractivity (Wildman–Crippen MR) is 50.6 cm³/mol. The van der Waals surface area contributed by atoms with Crippen molar-refractivity contribution in [3.05, 3.63) is 0 Å². The molecule has 0 radical (unpaired) electrons. The molecule has 0 N–H and O–H groups in total. The number of methoxy groups -OCH3 is 1. The van der Waals surface area contributed by atoms with Gasteiger partial charge in [-0.1, -0.05) is 6.92 Å². The molecule has 2 saturated carbocycles. The van der Waals surface area contributed by atoms with E-state index >= 15 is 0 Å². The van der Waals surface area contributed by atoms with E-state index in [2.05, 4.69) is 4.74 Å². The second kappa shape index (κ2) is 3.07. The second-order valence-corrected chi connectivity index (χ2v) is 4.81. The molecule has 2 aliphatic rings. The van der Waals surface area contributed by atoms with Crippen molar-refractivity contribution in [2.45, 2.75) is 32.6 Å². The minimum absolute atomic E-state index is 0.0544. The van der Waals surface area contributed by atoms with Gasteiger partial charge in [-0.15, -0.1) is 0 Å². The molecule has 1 unspecified atom stereocenters. The van der Waals surface area contributed by atoms with Gasteiger partial charge in [-0.05, 0) is 25.2 Å². The molecule has 0 spiro atoms. The van der Waals surface area contributed by atoms with E-state index in [0.717, 1.165) is 19.3 Å². The Kier molecular flexibility index (Phi) is 2.13. The van der Waals surface area contributed by atoms with Crippen LogP contribution in [0.1, 0.15) is 32.6 Å². The van der Waals surface area contributed by atoms with E-state index < -0.39 is 0 Å². The number of esters is 1. The van der Waals surface area contributed by atoms with Crippen molar-refractivity contribution in [1.82, 2.24) is 0 Å². The molecule has 2 rings (SSSR count). The first-order chi connectivity index (χ1) is 6.57. The summed E-state index contributed by atoms with van der Waals surface area (Å²) in [5.74, 6) is 0.423. The number of Topliss-reactive ketones (excluding diaryl/α,β-unsaturated/α-hetero) is 1. The van der Waals surface area contributed by atoms with E-state index in [4.69, 9.17) is 0 Å². The summed E-state index contributed by atoms with van der Waals surface area (Å²) in [6, 6.07) is 0. The molecule has 3 heteroatoms. The smallest absolute Gasteiger partial charge is 0.306 e. The van der Waals surface area contributed by atoms with Crippen molar-refractivity contribution in [3.8, 4) is 0 Å². The van der Waals surface area contributed by atoms with Gasteiger partial charge in [0.25, 0.3) is 0 Å². The Balaban J connectivity index is 2.09. The molecular weight excluding hydrogens is 180 g/mol. The molecule has 0 amide bonds. The van der Waals surface area contributed by atoms with Gasteiger partial charge >= 0.3 is 5.97 Å². The van der Waals surface area contributed by atoms with Crippen molar-refractivity contribution in [2.75, 3.05) is 7.11 Å². The minimum Gasteiger partial charge on any atom is -0.469 e. The van der Waals surface area contributed by atoms with E-state index in [1.807, 2.05) is 6.92 Å². The van der Waals surface area contributed by atoms with Crippen molar-refractivity contribution in [2.24, 2.45) is 17.3 Å². The highest BCUT2D eigenvalue weighted by molar-refractivity contribution is 5.92. The molecule has 3 nitrogen and oxygen atoms in total. The van der Waals surface area contributed by atoms with Crippen LogP contribution in [0.3, 0.4) is 0 Å². The van der Waals surface area contributed by atoms with Crippen LogP contribution in [0.4, 0.5) is 0 Å².